The van der Waals surface area contributed by atoms with Gasteiger partial charge in [-0.15, -0.1) is 0 Å². The molecule has 12 rings (SSSR count). The van der Waals surface area contributed by atoms with Crippen LogP contribution in [0.5, 0.6) is 51.7 Å². The van der Waals surface area contributed by atoms with Crippen molar-refractivity contribution >= 4 is 66.9 Å². The van der Waals surface area contributed by atoms with Gasteiger partial charge in [0.2, 0.25) is 0 Å². The molecule has 0 amide bonds. The summed E-state index contributed by atoms with van der Waals surface area (Å²) in [6.45, 7) is 46.1. The zero-order valence-corrected chi connectivity index (χ0v) is 79.4. The summed E-state index contributed by atoms with van der Waals surface area (Å²) in [5.41, 5.74) is 35.4. The van der Waals surface area contributed by atoms with Gasteiger partial charge in [-0.2, -0.15) is 0 Å². The van der Waals surface area contributed by atoms with Gasteiger partial charge < -0.3 is 46.0 Å². The maximum atomic E-state index is 10.3. The lowest BCUT2D eigenvalue weighted by molar-refractivity contribution is 0.291. The molecule has 0 bridgehead atoms. The van der Waals surface area contributed by atoms with E-state index in [9.17, 15) is 46.0 Å². The number of nitrogens with zero attached hydrogens (tertiary/aromatic N) is 2. The van der Waals surface area contributed by atoms with Crippen LogP contribution in [-0.4, -0.2) is 81.9 Å². The summed E-state index contributed by atoms with van der Waals surface area (Å²) in [7, 11) is 0. The molecule has 0 aliphatic rings. The lowest BCUT2D eigenvalue weighted by Crippen LogP contribution is -2.22. The number of hydrogen-bond acceptors (Lipinski definition) is 11. The van der Waals surface area contributed by atoms with Gasteiger partial charge in [-0.05, 0) is 369 Å². The first-order valence-corrected chi connectivity index (χ1v) is 45.6. The Hall–Kier alpha value is -12.8. The number of hydrogen-bond donors (Lipinski definition) is 9. The Labute approximate surface area is 809 Å². The molecular formula is C123H164N2O9. The number of aryl methyl sites for hydroxylation is 3. The molecule has 720 valence electrons. The molecule has 12 aromatic carbocycles. The molecule has 0 saturated carbocycles. The van der Waals surface area contributed by atoms with Crippen LogP contribution < -0.4 is 0 Å². The van der Waals surface area contributed by atoms with Crippen LogP contribution >= 0.6 is 0 Å². The zero-order chi connectivity index (χ0) is 93.5. The van der Waals surface area contributed by atoms with E-state index in [-0.39, 0.29) is 73.3 Å². The fourth-order valence-electron chi connectivity index (χ4n) is 15.9. The number of phenols is 9. The first-order valence-electron chi connectivity index (χ1n) is 45.6. The van der Waals surface area contributed by atoms with E-state index >= 15 is 0 Å². The standard InChI is InChI=1S/C24H33NO.C23H31NO2.C19H22O.C18H20O2.C17H18O.C16H16O2.6CH4/c1-6-22(19-12-10-18(5)11-13-19)23(7-2)20-14-15-24(26)21(16-20)17-25(8-3)9-4;1-5-21(17-9-12-20(25)13-10-17)22(6-2)18-11-14-23(26)19(15-18)16-24(7-3)8-4;1-4-18(15-8-6-14(3)7-9-15)19(5-2)16-10-12-17(20)13-11-16;1-3-17(13-5-9-15(19)10-6-13)18(4-2)14-7-11-16(20)12-8-14;1-12-4-6-15(7-5-12)13(2)14(3)16-8-10-17(18)11-9-16;1-11(13-3-7-15(17)8-4-13)12(2)14-5-9-16(18)10-6-14;;;;;;/h10-16,26H,6-9,17H2,1-5H3;9-15,25-26H,5-8,16H2,1-4H3;6-13,20H,4-5H2,1-3H3;5-12,19-20H,3-4H2,1-2H3;4-11,18H,1-3H3;3-10,17-18H,1-2H3;6*1H4/b23-22+;22-21-;19-18+;18-17-;14-13+;12-11-;;;;;;. The van der Waals surface area contributed by atoms with Crippen LogP contribution in [0.4, 0.5) is 0 Å². The Morgan fingerprint density at radius 2 is 0.321 bits per heavy atom. The molecule has 0 fully saturated rings. The summed E-state index contributed by atoms with van der Waals surface area (Å²) in [6, 6.07) is 89.4. The summed E-state index contributed by atoms with van der Waals surface area (Å²) in [5, 5.41) is 86.3. The van der Waals surface area contributed by atoms with Gasteiger partial charge in [-0.1, -0.05) is 314 Å². The molecule has 0 aliphatic heterocycles. The molecule has 0 heterocycles. The van der Waals surface area contributed by atoms with Gasteiger partial charge in [-0.3, -0.25) is 9.80 Å². The predicted octanol–water partition coefficient (Wildman–Crippen LogP) is 34.7. The Morgan fingerprint density at radius 3 is 0.478 bits per heavy atom. The maximum Gasteiger partial charge on any atom is 0.120 e. The minimum absolute atomic E-state index is 0. The third-order valence-corrected chi connectivity index (χ3v) is 23.9. The van der Waals surface area contributed by atoms with Crippen molar-refractivity contribution in [1.29, 1.82) is 0 Å². The number of benzene rings is 12. The van der Waals surface area contributed by atoms with Crippen molar-refractivity contribution in [3.8, 4) is 51.7 Å². The summed E-state index contributed by atoms with van der Waals surface area (Å²) < 4.78 is 0. The molecule has 0 aliphatic carbocycles. The zero-order valence-electron chi connectivity index (χ0n) is 79.4. The van der Waals surface area contributed by atoms with E-state index in [0.29, 0.717) is 23.0 Å². The van der Waals surface area contributed by atoms with E-state index < -0.39 is 0 Å². The Kier molecular flexibility index (Phi) is 54.3. The van der Waals surface area contributed by atoms with Crippen molar-refractivity contribution in [2.75, 3.05) is 26.2 Å². The second-order valence-corrected chi connectivity index (χ2v) is 32.2. The Balaban J connectivity index is 0.000000801. The highest BCUT2D eigenvalue weighted by Crippen LogP contribution is 2.40. The minimum atomic E-state index is 0. The van der Waals surface area contributed by atoms with E-state index in [1.54, 1.807) is 84.9 Å². The van der Waals surface area contributed by atoms with Gasteiger partial charge in [0, 0.05) is 24.2 Å². The quantitative estimate of drug-likeness (QED) is 0.0212. The third-order valence-electron chi connectivity index (χ3n) is 23.9. The lowest BCUT2D eigenvalue weighted by atomic mass is 9.90. The summed E-state index contributed by atoms with van der Waals surface area (Å²) in [6.07, 6.45) is 7.66. The number of allylic oxidation sites excluding steroid dienone is 12. The number of phenolic OH excluding ortho intramolecular Hbond substituents is 9. The molecule has 134 heavy (non-hydrogen) atoms. The van der Waals surface area contributed by atoms with Crippen LogP contribution in [0.1, 0.15) is 301 Å². The highest BCUT2D eigenvalue weighted by Gasteiger charge is 2.18. The second-order valence-electron chi connectivity index (χ2n) is 32.2. The molecule has 0 spiro atoms. The monoisotopic (exact) mass is 1810 g/mol. The van der Waals surface area contributed by atoms with Crippen LogP contribution in [0, 0.1) is 20.8 Å². The molecule has 0 aromatic heterocycles. The third kappa shape index (κ3) is 35.3. The van der Waals surface area contributed by atoms with Gasteiger partial charge in [0.15, 0.2) is 0 Å². The topological polar surface area (TPSA) is 189 Å². The molecule has 11 heteroatoms. The van der Waals surface area contributed by atoms with Crippen LogP contribution in [0.2, 0.25) is 0 Å². The van der Waals surface area contributed by atoms with Gasteiger partial charge in [-0.25, -0.2) is 0 Å². The Bertz CT molecular complexity index is 5040. The molecule has 12 aromatic rings. The van der Waals surface area contributed by atoms with Gasteiger partial charge in [0.1, 0.15) is 51.7 Å². The lowest BCUT2D eigenvalue weighted by Gasteiger charge is -2.20. The van der Waals surface area contributed by atoms with Gasteiger partial charge in [0.25, 0.3) is 0 Å². The Morgan fingerprint density at radius 1 is 0.187 bits per heavy atom. The first-order chi connectivity index (χ1) is 61.5. The van der Waals surface area contributed by atoms with E-state index in [1.807, 2.05) is 103 Å². The SMILES string of the molecule is C.C.C.C.C.C.C/C(=C(/C)c1ccc(O)cc1)c1ccc(C)cc1.C/C(=C(\C)c1ccc(O)cc1)c1ccc(O)cc1.CC/C(=C(/CC)c1ccc(O)c(CN(CC)CC)c1)c1ccc(C)cc1.CC/C(=C(/CC)c1ccc(O)cc1)c1ccc(C)cc1.CC/C(=C(\CC)c1ccc(O)c(CN(CC)CC)c1)c1ccc(O)cc1.CC/C(=C(\CC)c1ccc(O)cc1)c1ccc(O)cc1. The van der Waals surface area contributed by atoms with Crippen molar-refractivity contribution in [3.05, 3.63) is 374 Å². The molecular weight excluding hydrogens is 1650 g/mol. The smallest absolute Gasteiger partial charge is 0.120 e. The molecule has 0 saturated heterocycles. The minimum Gasteiger partial charge on any atom is -0.508 e. The van der Waals surface area contributed by atoms with Crippen LogP contribution in [0.15, 0.2) is 279 Å². The van der Waals surface area contributed by atoms with Crippen molar-refractivity contribution in [3.63, 3.8) is 0 Å². The molecule has 0 radical (unpaired) electrons. The van der Waals surface area contributed by atoms with E-state index in [0.717, 1.165) is 152 Å². The van der Waals surface area contributed by atoms with Crippen molar-refractivity contribution in [2.24, 2.45) is 0 Å². The normalized spacial score (nSPS) is 11.7. The van der Waals surface area contributed by atoms with E-state index in [4.69, 9.17) is 0 Å². The first kappa shape index (κ1) is 119. The van der Waals surface area contributed by atoms with Crippen molar-refractivity contribution in [1.82, 2.24) is 9.80 Å². The molecule has 9 N–H and O–H groups in total. The highest BCUT2D eigenvalue weighted by molar-refractivity contribution is 5.95. The van der Waals surface area contributed by atoms with Crippen molar-refractivity contribution in [2.45, 2.75) is 241 Å². The maximum absolute atomic E-state index is 10.3. The average Bonchev–Trinajstić information content (AvgIpc) is 0.809. The number of aromatic hydroxyl groups is 9. The fourth-order valence-corrected chi connectivity index (χ4v) is 15.9. The van der Waals surface area contributed by atoms with E-state index in [2.05, 4.69) is 232 Å². The summed E-state index contributed by atoms with van der Waals surface area (Å²) in [5.74, 6) is 2.77. The van der Waals surface area contributed by atoms with E-state index in [1.165, 1.54) is 100 Å². The van der Waals surface area contributed by atoms with Gasteiger partial charge >= 0.3 is 0 Å². The average molecular weight is 1810 g/mol. The molecule has 11 nitrogen and oxygen atoms in total. The van der Waals surface area contributed by atoms with Gasteiger partial charge in [0.05, 0.1) is 0 Å². The summed E-state index contributed by atoms with van der Waals surface area (Å²) >= 11 is 0. The summed E-state index contributed by atoms with van der Waals surface area (Å²) in [4.78, 5) is 4.63. The van der Waals surface area contributed by atoms with Crippen LogP contribution in [0.3, 0.4) is 0 Å². The predicted molar refractivity (Wildman–Crippen MR) is 586 cm³/mol. The fraction of sp³-hybridized carbons (Fsp3) is 0.317. The highest BCUT2D eigenvalue weighted by atomic mass is 16.3. The van der Waals surface area contributed by atoms with Crippen molar-refractivity contribution < 1.29 is 46.0 Å². The number of rotatable bonds is 28. The molecule has 0 unspecified atom stereocenters. The molecule has 0 atom stereocenters. The van der Waals surface area contributed by atoms with Crippen LogP contribution in [-0.2, 0) is 13.1 Å². The second kappa shape index (κ2) is 61.1. The largest absolute Gasteiger partial charge is 0.508 e. The van der Waals surface area contributed by atoms with Crippen LogP contribution in [0.25, 0.3) is 66.9 Å².